The van der Waals surface area contributed by atoms with Crippen LogP contribution in [0, 0.1) is 5.82 Å². The highest BCUT2D eigenvalue weighted by atomic mass is 19.1. The molecule has 178 valence electrons. The molecule has 1 saturated heterocycles. The fraction of sp³-hybridized carbons (Fsp3) is 0.208. The van der Waals surface area contributed by atoms with E-state index in [2.05, 4.69) is 20.4 Å². The first-order valence-electron chi connectivity index (χ1n) is 11.0. The number of halogens is 1. The van der Waals surface area contributed by atoms with Gasteiger partial charge in [-0.15, -0.1) is 0 Å². The van der Waals surface area contributed by atoms with E-state index >= 15 is 4.39 Å². The molecule has 4 heterocycles. The minimum absolute atomic E-state index is 0.121. The van der Waals surface area contributed by atoms with E-state index in [-0.39, 0.29) is 35.2 Å². The first-order valence-corrected chi connectivity index (χ1v) is 11.0. The number of nitrogens with zero attached hydrogens (tertiary/aromatic N) is 5. The smallest absolute Gasteiger partial charge is 0.407 e. The molecule has 1 atom stereocenters. The number of nitrogens with two attached hydrogens (primary N) is 1. The Bertz CT molecular complexity index is 1420. The number of nitrogens with one attached hydrogen (secondary N) is 1. The average Bonchev–Trinajstić information content (AvgIpc) is 3.25. The Balaban J connectivity index is 1.52. The quantitative estimate of drug-likeness (QED) is 0.408. The highest BCUT2D eigenvalue weighted by Crippen LogP contribution is 2.36. The predicted molar refractivity (Wildman–Crippen MR) is 127 cm³/mol. The summed E-state index contributed by atoms with van der Waals surface area (Å²) in [5.74, 6) is -0.606. The van der Waals surface area contributed by atoms with Gasteiger partial charge in [-0.2, -0.15) is 5.10 Å². The van der Waals surface area contributed by atoms with Gasteiger partial charge in [0.1, 0.15) is 23.1 Å². The van der Waals surface area contributed by atoms with Gasteiger partial charge in [0, 0.05) is 36.6 Å². The zero-order valence-electron chi connectivity index (χ0n) is 18.6. The third-order valence-corrected chi connectivity index (χ3v) is 6.06. The molecule has 10 nitrogen and oxygen atoms in total. The minimum atomic E-state index is -0.988. The summed E-state index contributed by atoms with van der Waals surface area (Å²) in [5.41, 5.74) is 7.37. The van der Waals surface area contributed by atoms with E-state index in [1.807, 2.05) is 0 Å². The largest absolute Gasteiger partial charge is 0.465 e. The summed E-state index contributed by atoms with van der Waals surface area (Å²) in [5, 5.41) is 17.2. The maximum atomic E-state index is 15.3. The van der Waals surface area contributed by atoms with Crippen molar-refractivity contribution in [2.24, 2.45) is 0 Å². The molecule has 3 aromatic heterocycles. The van der Waals surface area contributed by atoms with Crippen molar-refractivity contribution in [1.29, 1.82) is 0 Å². The molecule has 4 aromatic rings. The molecular weight excluding hydrogens is 453 g/mol. The van der Waals surface area contributed by atoms with Crippen LogP contribution in [0.5, 0.6) is 0 Å². The Morgan fingerprint density at radius 1 is 1.14 bits per heavy atom. The summed E-state index contributed by atoms with van der Waals surface area (Å²) < 4.78 is 17.0. The zero-order valence-corrected chi connectivity index (χ0v) is 18.6. The molecule has 0 radical (unpaired) electrons. The van der Waals surface area contributed by atoms with Crippen molar-refractivity contribution in [2.75, 3.05) is 24.1 Å². The highest BCUT2D eigenvalue weighted by Gasteiger charge is 2.28. The number of carbonyl (C=O) groups excluding carboxylic acids is 1. The van der Waals surface area contributed by atoms with E-state index in [1.54, 1.807) is 41.3 Å². The third kappa shape index (κ3) is 4.23. The van der Waals surface area contributed by atoms with Crippen LogP contribution in [0.3, 0.4) is 0 Å². The van der Waals surface area contributed by atoms with E-state index in [0.717, 1.165) is 12.5 Å². The molecule has 11 heteroatoms. The predicted octanol–water partition coefficient (Wildman–Crippen LogP) is 3.78. The lowest BCUT2D eigenvalue weighted by Gasteiger charge is -2.31. The van der Waals surface area contributed by atoms with E-state index in [4.69, 9.17) is 5.73 Å². The number of fused-ring (bicyclic) bond motifs is 1. The lowest BCUT2D eigenvalue weighted by molar-refractivity contribution is 0.102. The number of likely N-dealkylation sites (tertiary alicyclic amines) is 1. The lowest BCUT2D eigenvalue weighted by atomic mass is 10.0. The van der Waals surface area contributed by atoms with Gasteiger partial charge < -0.3 is 21.1 Å². The second-order valence-electron chi connectivity index (χ2n) is 8.27. The number of aromatic nitrogens is 4. The van der Waals surface area contributed by atoms with Crippen LogP contribution in [0.1, 0.15) is 29.2 Å². The summed E-state index contributed by atoms with van der Waals surface area (Å²) in [7, 11) is 0. The maximum Gasteiger partial charge on any atom is 0.407 e. The van der Waals surface area contributed by atoms with Crippen LogP contribution in [0.2, 0.25) is 0 Å². The Morgan fingerprint density at radius 3 is 2.74 bits per heavy atom. The molecule has 0 saturated carbocycles. The SMILES string of the molecule is Nc1nccc2c1c(-c1ccc(C(=O)Nc3ccccn3)cc1F)nn2C1CCCN(C(=O)O)C1. The van der Waals surface area contributed by atoms with Crippen LogP contribution in [-0.4, -0.2) is 54.8 Å². The number of benzene rings is 1. The topological polar surface area (TPSA) is 139 Å². The van der Waals surface area contributed by atoms with E-state index in [1.165, 1.54) is 17.0 Å². The van der Waals surface area contributed by atoms with Crippen LogP contribution < -0.4 is 11.1 Å². The van der Waals surface area contributed by atoms with Crippen LogP contribution in [0.4, 0.5) is 20.8 Å². The van der Waals surface area contributed by atoms with Gasteiger partial charge >= 0.3 is 6.09 Å². The Morgan fingerprint density at radius 2 is 2.00 bits per heavy atom. The monoisotopic (exact) mass is 475 g/mol. The summed E-state index contributed by atoms with van der Waals surface area (Å²) in [6, 6.07) is 10.7. The second-order valence-corrected chi connectivity index (χ2v) is 8.27. The van der Waals surface area contributed by atoms with Gasteiger partial charge in [-0.25, -0.2) is 19.2 Å². The molecule has 2 amide bonds. The number of amides is 2. The van der Waals surface area contributed by atoms with E-state index in [9.17, 15) is 14.7 Å². The first kappa shape index (κ1) is 22.3. The van der Waals surface area contributed by atoms with Crippen LogP contribution >= 0.6 is 0 Å². The fourth-order valence-corrected chi connectivity index (χ4v) is 4.38. The summed E-state index contributed by atoms with van der Waals surface area (Å²) in [6.07, 6.45) is 3.50. The molecule has 1 aliphatic heterocycles. The Labute approximate surface area is 199 Å². The first-order chi connectivity index (χ1) is 16.9. The number of pyridine rings is 2. The molecule has 0 spiro atoms. The van der Waals surface area contributed by atoms with Crippen molar-refractivity contribution in [1.82, 2.24) is 24.6 Å². The van der Waals surface area contributed by atoms with E-state index in [0.29, 0.717) is 29.7 Å². The molecule has 0 aliphatic carbocycles. The molecule has 1 fully saturated rings. The van der Waals surface area contributed by atoms with Crippen molar-refractivity contribution >= 4 is 34.5 Å². The number of carboxylic acid groups (broad SMARTS) is 1. The number of anilines is 2. The Kier molecular flexibility index (Phi) is 5.73. The molecule has 0 bridgehead atoms. The minimum Gasteiger partial charge on any atom is -0.465 e. The molecule has 1 aliphatic rings. The molecule has 35 heavy (non-hydrogen) atoms. The van der Waals surface area contributed by atoms with Gasteiger partial charge in [-0.3, -0.25) is 9.48 Å². The van der Waals surface area contributed by atoms with E-state index < -0.39 is 17.8 Å². The van der Waals surface area contributed by atoms with Gasteiger partial charge in [0.2, 0.25) is 0 Å². The molecule has 1 unspecified atom stereocenters. The summed E-state index contributed by atoms with van der Waals surface area (Å²) >= 11 is 0. The highest BCUT2D eigenvalue weighted by molar-refractivity contribution is 6.05. The van der Waals surface area contributed by atoms with Gasteiger partial charge in [-0.05, 0) is 49.2 Å². The van der Waals surface area contributed by atoms with Gasteiger partial charge in [-0.1, -0.05) is 6.07 Å². The molecule has 5 rings (SSSR count). The number of hydrogen-bond donors (Lipinski definition) is 3. The standard InChI is InChI=1S/C24H22FN7O3/c25-17-12-14(23(33)29-19-5-1-2-9-27-19)6-7-16(17)21-20-18(8-10-28-22(20)26)32(30-21)15-4-3-11-31(13-15)24(34)35/h1-2,5-10,12,15H,3-4,11,13H2,(H2,26,28)(H,34,35)(H,27,29,33). The van der Waals surface area contributed by atoms with Gasteiger partial charge in [0.15, 0.2) is 0 Å². The van der Waals surface area contributed by atoms with Crippen LogP contribution in [0.25, 0.3) is 22.2 Å². The van der Waals surface area contributed by atoms with Crippen LogP contribution in [-0.2, 0) is 0 Å². The normalized spacial score (nSPS) is 15.8. The lowest BCUT2D eigenvalue weighted by Crippen LogP contribution is -2.40. The number of hydrogen-bond acceptors (Lipinski definition) is 6. The zero-order chi connectivity index (χ0) is 24.5. The fourth-order valence-electron chi connectivity index (χ4n) is 4.38. The second kappa shape index (κ2) is 9.01. The number of nitrogen functional groups attached to an aromatic ring is 1. The van der Waals surface area contributed by atoms with Crippen molar-refractivity contribution in [3.05, 3.63) is 66.2 Å². The van der Waals surface area contributed by atoms with Crippen molar-refractivity contribution in [3.8, 4) is 11.3 Å². The maximum absolute atomic E-state index is 15.3. The number of rotatable bonds is 4. The summed E-state index contributed by atoms with van der Waals surface area (Å²) in [4.78, 5) is 33.6. The van der Waals surface area contributed by atoms with Crippen molar-refractivity contribution in [2.45, 2.75) is 18.9 Å². The number of piperidine rings is 1. The number of carbonyl (C=O) groups is 2. The van der Waals surface area contributed by atoms with Crippen LogP contribution in [0.15, 0.2) is 54.9 Å². The molecular formula is C24H22FN7O3. The van der Waals surface area contributed by atoms with Gasteiger partial charge in [0.05, 0.1) is 16.9 Å². The summed E-state index contributed by atoms with van der Waals surface area (Å²) in [6.45, 7) is 0.723. The van der Waals surface area contributed by atoms with Crippen molar-refractivity contribution in [3.63, 3.8) is 0 Å². The Hall–Kier alpha value is -4.54. The van der Waals surface area contributed by atoms with Gasteiger partial charge in [0.25, 0.3) is 5.91 Å². The molecule has 1 aromatic carbocycles. The third-order valence-electron chi connectivity index (χ3n) is 6.06. The molecule has 4 N–H and O–H groups in total. The average molecular weight is 475 g/mol. The van der Waals surface area contributed by atoms with Crippen molar-refractivity contribution < 1.29 is 19.1 Å².